The molecule has 1 N–H and O–H groups in total. The molecule has 0 saturated carbocycles. The monoisotopic (exact) mass is 278 g/mol. The van der Waals surface area contributed by atoms with Crippen molar-refractivity contribution in [3.63, 3.8) is 0 Å². The van der Waals surface area contributed by atoms with Gasteiger partial charge in [-0.15, -0.1) is 0 Å². The number of anilines is 1. The Morgan fingerprint density at radius 1 is 1.14 bits per heavy atom. The van der Waals surface area contributed by atoms with E-state index in [1.165, 1.54) is 4.90 Å². The van der Waals surface area contributed by atoms with Gasteiger partial charge in [-0.2, -0.15) is 5.26 Å². The van der Waals surface area contributed by atoms with E-state index in [0.29, 0.717) is 16.8 Å². The number of amides is 1. The molecule has 104 valence electrons. The minimum absolute atomic E-state index is 0.473. The van der Waals surface area contributed by atoms with Crippen molar-refractivity contribution in [1.29, 1.82) is 5.26 Å². The maximum absolute atomic E-state index is 12.6. The Bertz CT molecular complexity index is 736. The molecule has 0 saturated heterocycles. The Morgan fingerprint density at radius 2 is 1.76 bits per heavy atom. The van der Waals surface area contributed by atoms with Gasteiger partial charge in [-0.3, -0.25) is 4.79 Å². The second kappa shape index (κ2) is 4.72. The molecule has 0 spiro atoms. The Kier molecular flexibility index (Phi) is 3.00. The quantitative estimate of drug-likeness (QED) is 0.915. The third kappa shape index (κ3) is 1.75. The summed E-state index contributed by atoms with van der Waals surface area (Å²) in [6.07, 6.45) is 0. The number of hydrogen-bond donors (Lipinski definition) is 1. The molecule has 4 nitrogen and oxygen atoms in total. The molecular weight excluding hydrogens is 264 g/mol. The maximum atomic E-state index is 12.6. The Morgan fingerprint density at radius 3 is 2.43 bits per heavy atom. The summed E-state index contributed by atoms with van der Waals surface area (Å²) in [6.45, 7) is 0. The summed E-state index contributed by atoms with van der Waals surface area (Å²) < 4.78 is 0. The fourth-order valence-corrected chi connectivity index (χ4v) is 2.90. The van der Waals surface area contributed by atoms with E-state index in [9.17, 15) is 15.2 Å². The smallest absolute Gasteiger partial charge is 0.265 e. The van der Waals surface area contributed by atoms with E-state index in [4.69, 9.17) is 0 Å². The first-order valence-electron chi connectivity index (χ1n) is 6.65. The summed E-state index contributed by atoms with van der Waals surface area (Å²) in [5.41, 5.74) is -0.100. The minimum Gasteiger partial charge on any atom is -0.374 e. The first kappa shape index (κ1) is 13.3. The zero-order valence-corrected chi connectivity index (χ0v) is 11.5. The summed E-state index contributed by atoms with van der Waals surface area (Å²) >= 11 is 0. The molecule has 2 atom stereocenters. The number of likely N-dealkylation sites (N-methyl/N-ethyl adjacent to an activating group) is 1. The first-order valence-corrected chi connectivity index (χ1v) is 6.65. The van der Waals surface area contributed by atoms with Gasteiger partial charge in [-0.1, -0.05) is 48.5 Å². The van der Waals surface area contributed by atoms with E-state index >= 15 is 0 Å². The number of fused-ring (bicyclic) bond motifs is 1. The topological polar surface area (TPSA) is 64.3 Å². The molecule has 0 aromatic heterocycles. The number of nitrogens with zero attached hydrogens (tertiary/aromatic N) is 2. The van der Waals surface area contributed by atoms with Crippen molar-refractivity contribution in [3.05, 3.63) is 65.7 Å². The van der Waals surface area contributed by atoms with Crippen LogP contribution in [-0.2, 0) is 10.4 Å². The van der Waals surface area contributed by atoms with Crippen molar-refractivity contribution >= 4 is 11.6 Å². The van der Waals surface area contributed by atoms with Gasteiger partial charge >= 0.3 is 0 Å². The van der Waals surface area contributed by atoms with E-state index in [-0.39, 0.29) is 0 Å². The zero-order chi connectivity index (χ0) is 15.0. The summed E-state index contributed by atoms with van der Waals surface area (Å²) in [4.78, 5) is 14.0. The second-order valence-electron chi connectivity index (χ2n) is 5.12. The summed E-state index contributed by atoms with van der Waals surface area (Å²) in [6, 6.07) is 18.0. The van der Waals surface area contributed by atoms with Crippen LogP contribution < -0.4 is 4.90 Å². The molecule has 1 heterocycles. The lowest BCUT2D eigenvalue weighted by molar-refractivity contribution is -0.136. The summed E-state index contributed by atoms with van der Waals surface area (Å²) in [7, 11) is 1.61. The lowest BCUT2D eigenvalue weighted by Crippen LogP contribution is -2.43. The van der Waals surface area contributed by atoms with Gasteiger partial charge in [0.15, 0.2) is 5.60 Å². The highest BCUT2D eigenvalue weighted by Crippen LogP contribution is 2.47. The highest BCUT2D eigenvalue weighted by atomic mass is 16.3. The molecule has 0 aliphatic carbocycles. The van der Waals surface area contributed by atoms with Crippen LogP contribution in [0.3, 0.4) is 0 Å². The number of para-hydroxylation sites is 1. The normalized spacial score (nSPS) is 21.8. The van der Waals surface area contributed by atoms with Crippen LogP contribution in [0.1, 0.15) is 17.0 Å². The molecule has 1 aliphatic rings. The molecule has 0 bridgehead atoms. The van der Waals surface area contributed by atoms with Crippen molar-refractivity contribution in [2.24, 2.45) is 0 Å². The van der Waals surface area contributed by atoms with E-state index in [1.807, 2.05) is 6.07 Å². The molecular formula is C17H14N2O2. The van der Waals surface area contributed by atoms with Crippen LogP contribution in [-0.4, -0.2) is 18.1 Å². The summed E-state index contributed by atoms with van der Waals surface area (Å²) in [5.74, 6) is -1.42. The predicted molar refractivity (Wildman–Crippen MR) is 78.5 cm³/mol. The highest BCUT2D eigenvalue weighted by molar-refractivity contribution is 6.07. The Balaban J connectivity index is 2.20. The van der Waals surface area contributed by atoms with Crippen molar-refractivity contribution < 1.29 is 9.90 Å². The standard InChI is InChI=1S/C17H14N2O2/c1-19-15-10-6-5-9-13(15)17(21,16(19)20)14(11-18)12-7-3-2-4-8-12/h2-10,14,21H,1H3/t14-,17-/m1/s1. The Labute approximate surface area is 122 Å². The molecule has 0 fully saturated rings. The first-order chi connectivity index (χ1) is 10.1. The average Bonchev–Trinajstić information content (AvgIpc) is 2.72. The van der Waals surface area contributed by atoms with Gasteiger partial charge < -0.3 is 10.0 Å². The number of nitriles is 1. The van der Waals surface area contributed by atoms with E-state index in [2.05, 4.69) is 6.07 Å². The van der Waals surface area contributed by atoms with Crippen molar-refractivity contribution in [3.8, 4) is 6.07 Å². The van der Waals surface area contributed by atoms with Crippen molar-refractivity contribution in [1.82, 2.24) is 0 Å². The molecule has 2 aromatic carbocycles. The largest absolute Gasteiger partial charge is 0.374 e. The lowest BCUT2D eigenvalue weighted by Gasteiger charge is -2.27. The van der Waals surface area contributed by atoms with Gasteiger partial charge in [0.1, 0.15) is 5.92 Å². The third-order valence-corrected chi connectivity index (χ3v) is 3.99. The molecule has 3 rings (SSSR count). The van der Waals surface area contributed by atoms with Crippen LogP contribution in [0, 0.1) is 11.3 Å². The fraction of sp³-hybridized carbons (Fsp3) is 0.176. The van der Waals surface area contributed by atoms with Crippen molar-refractivity contribution in [2.75, 3.05) is 11.9 Å². The average molecular weight is 278 g/mol. The number of aliphatic hydroxyl groups is 1. The fourth-order valence-electron chi connectivity index (χ4n) is 2.90. The predicted octanol–water partition coefficient (Wildman–Crippen LogP) is 2.16. The molecule has 0 radical (unpaired) electrons. The molecule has 21 heavy (non-hydrogen) atoms. The van der Waals surface area contributed by atoms with Gasteiger partial charge in [0, 0.05) is 12.6 Å². The number of benzene rings is 2. The van der Waals surface area contributed by atoms with E-state index in [1.54, 1.807) is 55.6 Å². The van der Waals surface area contributed by atoms with Gasteiger partial charge in [-0.25, -0.2) is 0 Å². The van der Waals surface area contributed by atoms with E-state index < -0.39 is 17.4 Å². The van der Waals surface area contributed by atoms with Gasteiger partial charge in [0.05, 0.1) is 11.8 Å². The maximum Gasteiger partial charge on any atom is 0.265 e. The van der Waals surface area contributed by atoms with Crippen LogP contribution in [0.5, 0.6) is 0 Å². The van der Waals surface area contributed by atoms with Gasteiger partial charge in [0.2, 0.25) is 0 Å². The number of hydrogen-bond acceptors (Lipinski definition) is 3. The van der Waals surface area contributed by atoms with Gasteiger partial charge in [-0.05, 0) is 11.6 Å². The van der Waals surface area contributed by atoms with Crippen LogP contribution in [0.4, 0.5) is 5.69 Å². The van der Waals surface area contributed by atoms with Crippen LogP contribution in [0.2, 0.25) is 0 Å². The Hall–Kier alpha value is -2.64. The minimum atomic E-state index is -1.85. The summed E-state index contributed by atoms with van der Waals surface area (Å²) in [5, 5.41) is 20.6. The zero-order valence-electron chi connectivity index (χ0n) is 11.5. The molecule has 1 aliphatic heterocycles. The second-order valence-corrected chi connectivity index (χ2v) is 5.12. The van der Waals surface area contributed by atoms with Crippen LogP contribution in [0.15, 0.2) is 54.6 Å². The van der Waals surface area contributed by atoms with Crippen LogP contribution >= 0.6 is 0 Å². The molecule has 4 heteroatoms. The number of carbonyl (C=O) groups is 1. The molecule has 0 unspecified atom stereocenters. The van der Waals surface area contributed by atoms with E-state index in [0.717, 1.165) is 0 Å². The highest BCUT2D eigenvalue weighted by Gasteiger charge is 2.54. The SMILES string of the molecule is CN1C(=O)[C@](O)([C@H](C#N)c2ccccc2)c2ccccc21. The number of carbonyl (C=O) groups excluding carboxylic acids is 1. The van der Waals surface area contributed by atoms with Crippen molar-refractivity contribution in [2.45, 2.75) is 11.5 Å². The number of rotatable bonds is 2. The molecule has 2 aromatic rings. The molecule has 1 amide bonds. The lowest BCUT2D eigenvalue weighted by atomic mass is 9.79. The third-order valence-electron chi connectivity index (χ3n) is 3.99. The van der Waals surface area contributed by atoms with Crippen LogP contribution in [0.25, 0.3) is 0 Å². The van der Waals surface area contributed by atoms with Gasteiger partial charge in [0.25, 0.3) is 5.91 Å².